The Morgan fingerprint density at radius 2 is 1.90 bits per heavy atom. The molecule has 0 spiro atoms. The van der Waals surface area contributed by atoms with Gasteiger partial charge in [0.1, 0.15) is 12.4 Å². The van der Waals surface area contributed by atoms with Gasteiger partial charge in [-0.2, -0.15) is 0 Å². The molecule has 0 aliphatic rings. The lowest BCUT2D eigenvalue weighted by molar-refractivity contribution is -0.139. The molecule has 0 aliphatic carbocycles. The maximum atomic E-state index is 11.2. The van der Waals surface area contributed by atoms with Crippen molar-refractivity contribution in [1.82, 2.24) is 5.32 Å². The Balaban J connectivity index is 1.63. The molecule has 0 fully saturated rings. The van der Waals surface area contributed by atoms with E-state index in [-0.39, 0.29) is 5.97 Å². The predicted molar refractivity (Wildman–Crippen MR) is 83.7 cm³/mol. The fraction of sp³-hybridized carbons (Fsp3) is 0.312. The quantitative estimate of drug-likeness (QED) is 0.601. The number of nitrogens with one attached hydrogen (secondary N) is 1. The topological polar surface area (TPSA) is 47.6 Å². The molecule has 0 amide bonds. The van der Waals surface area contributed by atoms with Crippen molar-refractivity contribution in [1.29, 1.82) is 0 Å². The number of thiophene rings is 1. The Morgan fingerprint density at radius 3 is 2.67 bits per heavy atom. The average molecular weight is 305 g/mol. The zero-order valence-electron chi connectivity index (χ0n) is 12.0. The van der Waals surface area contributed by atoms with E-state index in [0.717, 1.165) is 23.7 Å². The van der Waals surface area contributed by atoms with Crippen molar-refractivity contribution >= 4 is 17.3 Å². The number of carbonyl (C=O) groups is 1. The number of carbonyl (C=O) groups excluding carboxylic acids is 1. The molecule has 0 saturated carbocycles. The maximum absolute atomic E-state index is 11.2. The van der Waals surface area contributed by atoms with Crippen LogP contribution in [-0.2, 0) is 22.5 Å². The number of methoxy groups -OCH3 is 1. The van der Waals surface area contributed by atoms with Crippen LogP contribution in [0.25, 0.3) is 0 Å². The van der Waals surface area contributed by atoms with Gasteiger partial charge < -0.3 is 14.8 Å². The fourth-order valence-electron chi connectivity index (χ4n) is 1.80. The lowest BCUT2D eigenvalue weighted by Gasteiger charge is -2.06. The molecule has 5 heteroatoms. The second-order valence-corrected chi connectivity index (χ2v) is 5.71. The number of hydrogen-bond acceptors (Lipinski definition) is 5. The SMILES string of the molecule is COC(=O)Cc1ccc(CNCCOc2ccccc2)s1. The summed E-state index contributed by atoms with van der Waals surface area (Å²) in [5.41, 5.74) is 0. The van der Waals surface area contributed by atoms with Crippen LogP contribution in [0.1, 0.15) is 9.75 Å². The van der Waals surface area contributed by atoms with Gasteiger partial charge in [-0.1, -0.05) is 18.2 Å². The van der Waals surface area contributed by atoms with Crippen molar-refractivity contribution in [2.45, 2.75) is 13.0 Å². The summed E-state index contributed by atoms with van der Waals surface area (Å²) in [4.78, 5) is 13.4. The number of hydrogen-bond donors (Lipinski definition) is 1. The molecule has 0 unspecified atom stereocenters. The van der Waals surface area contributed by atoms with Gasteiger partial charge in [-0.3, -0.25) is 4.79 Å². The third kappa shape index (κ3) is 5.57. The van der Waals surface area contributed by atoms with Gasteiger partial charge in [-0.15, -0.1) is 11.3 Å². The third-order valence-electron chi connectivity index (χ3n) is 2.85. The number of esters is 1. The Bertz CT molecular complexity index is 554. The second kappa shape index (κ2) is 8.44. The summed E-state index contributed by atoms with van der Waals surface area (Å²) >= 11 is 1.63. The van der Waals surface area contributed by atoms with Gasteiger partial charge >= 0.3 is 5.97 Å². The first-order chi connectivity index (χ1) is 10.3. The summed E-state index contributed by atoms with van der Waals surface area (Å²) in [5.74, 6) is 0.684. The lowest BCUT2D eigenvalue weighted by Crippen LogP contribution is -2.20. The summed E-state index contributed by atoms with van der Waals surface area (Å²) < 4.78 is 10.3. The van der Waals surface area contributed by atoms with E-state index in [1.807, 2.05) is 42.5 Å². The molecule has 0 atom stereocenters. The van der Waals surface area contributed by atoms with E-state index >= 15 is 0 Å². The summed E-state index contributed by atoms with van der Waals surface area (Å²) in [6.45, 7) is 2.19. The molecule has 2 aromatic rings. The molecular formula is C16H19NO3S. The van der Waals surface area contributed by atoms with Crippen molar-refractivity contribution in [3.05, 3.63) is 52.2 Å². The Kier molecular flexibility index (Phi) is 6.24. The molecule has 112 valence electrons. The molecule has 0 saturated heterocycles. The molecule has 0 bridgehead atoms. The van der Waals surface area contributed by atoms with Crippen molar-refractivity contribution < 1.29 is 14.3 Å². The third-order valence-corrected chi connectivity index (χ3v) is 3.94. The van der Waals surface area contributed by atoms with Crippen LogP contribution in [0.15, 0.2) is 42.5 Å². The normalized spacial score (nSPS) is 10.3. The van der Waals surface area contributed by atoms with E-state index in [1.54, 1.807) is 11.3 Å². The van der Waals surface area contributed by atoms with Crippen LogP contribution < -0.4 is 10.1 Å². The molecule has 1 N–H and O–H groups in total. The molecule has 1 aromatic heterocycles. The summed E-state index contributed by atoms with van der Waals surface area (Å²) in [6, 6.07) is 13.8. The van der Waals surface area contributed by atoms with Crippen LogP contribution >= 0.6 is 11.3 Å². The Labute approximate surface area is 128 Å². The van der Waals surface area contributed by atoms with Crippen molar-refractivity contribution in [2.75, 3.05) is 20.3 Å². The first kappa shape index (κ1) is 15.5. The minimum atomic E-state index is -0.201. The molecule has 2 rings (SSSR count). The van der Waals surface area contributed by atoms with Gasteiger partial charge in [-0.05, 0) is 24.3 Å². The number of benzene rings is 1. The van der Waals surface area contributed by atoms with Gasteiger partial charge in [0, 0.05) is 22.8 Å². The van der Waals surface area contributed by atoms with Crippen molar-refractivity contribution in [3.8, 4) is 5.75 Å². The van der Waals surface area contributed by atoms with Gasteiger partial charge in [0.25, 0.3) is 0 Å². The first-order valence-corrected chi connectivity index (χ1v) is 7.62. The first-order valence-electron chi connectivity index (χ1n) is 6.81. The van der Waals surface area contributed by atoms with Crippen LogP contribution in [0, 0.1) is 0 Å². The van der Waals surface area contributed by atoms with Gasteiger partial charge in [0.05, 0.1) is 13.5 Å². The van der Waals surface area contributed by atoms with Crippen LogP contribution in [0.5, 0.6) is 5.75 Å². The van der Waals surface area contributed by atoms with Crippen molar-refractivity contribution in [2.24, 2.45) is 0 Å². The summed E-state index contributed by atoms with van der Waals surface area (Å²) in [5, 5.41) is 3.32. The smallest absolute Gasteiger partial charge is 0.310 e. The highest BCUT2D eigenvalue weighted by atomic mass is 32.1. The van der Waals surface area contributed by atoms with Crippen LogP contribution in [0.3, 0.4) is 0 Å². The summed E-state index contributed by atoms with van der Waals surface area (Å²) in [6.07, 6.45) is 0.346. The molecule has 4 nitrogen and oxygen atoms in total. The zero-order chi connectivity index (χ0) is 14.9. The van der Waals surface area contributed by atoms with Crippen LogP contribution in [0.2, 0.25) is 0 Å². The highest BCUT2D eigenvalue weighted by molar-refractivity contribution is 7.12. The monoisotopic (exact) mass is 305 g/mol. The van der Waals surface area contributed by atoms with Crippen molar-refractivity contribution in [3.63, 3.8) is 0 Å². The minimum Gasteiger partial charge on any atom is -0.492 e. The largest absolute Gasteiger partial charge is 0.492 e. The second-order valence-electron chi connectivity index (χ2n) is 4.46. The molecular weight excluding hydrogens is 286 g/mol. The maximum Gasteiger partial charge on any atom is 0.310 e. The molecule has 1 aromatic carbocycles. The predicted octanol–water partition coefficient (Wildman–Crippen LogP) is 2.63. The van der Waals surface area contributed by atoms with E-state index < -0.39 is 0 Å². The average Bonchev–Trinajstić information content (AvgIpc) is 2.95. The molecule has 0 radical (unpaired) electrons. The highest BCUT2D eigenvalue weighted by Gasteiger charge is 2.05. The highest BCUT2D eigenvalue weighted by Crippen LogP contribution is 2.17. The number of ether oxygens (including phenoxy) is 2. The lowest BCUT2D eigenvalue weighted by atomic mass is 10.3. The van der Waals surface area contributed by atoms with E-state index in [2.05, 4.69) is 10.1 Å². The Morgan fingerprint density at radius 1 is 1.14 bits per heavy atom. The van der Waals surface area contributed by atoms with E-state index in [1.165, 1.54) is 12.0 Å². The van der Waals surface area contributed by atoms with E-state index in [4.69, 9.17) is 4.74 Å². The minimum absolute atomic E-state index is 0.201. The molecule has 21 heavy (non-hydrogen) atoms. The van der Waals surface area contributed by atoms with Gasteiger partial charge in [-0.25, -0.2) is 0 Å². The van der Waals surface area contributed by atoms with Gasteiger partial charge in [0.2, 0.25) is 0 Å². The molecule has 1 heterocycles. The zero-order valence-corrected chi connectivity index (χ0v) is 12.8. The Hall–Kier alpha value is -1.85. The van der Waals surface area contributed by atoms with E-state index in [0.29, 0.717) is 13.0 Å². The van der Waals surface area contributed by atoms with Gasteiger partial charge in [0.15, 0.2) is 0 Å². The van der Waals surface area contributed by atoms with Crippen LogP contribution in [-0.4, -0.2) is 26.2 Å². The number of para-hydroxylation sites is 1. The van der Waals surface area contributed by atoms with Crippen LogP contribution in [0.4, 0.5) is 0 Å². The standard InChI is InChI=1S/C16H19NO3S/c1-19-16(18)11-14-7-8-15(21-14)12-17-9-10-20-13-5-3-2-4-6-13/h2-8,17H,9-12H2,1H3. The van der Waals surface area contributed by atoms with E-state index in [9.17, 15) is 4.79 Å². The molecule has 0 aliphatic heterocycles. The number of rotatable bonds is 8. The summed E-state index contributed by atoms with van der Waals surface area (Å²) in [7, 11) is 1.41. The fourth-order valence-corrected chi connectivity index (χ4v) is 2.77.